The molecule has 1 aliphatic carbocycles. The summed E-state index contributed by atoms with van der Waals surface area (Å²) in [4.78, 5) is 6.26. The number of benzene rings is 2. The molecular weight excluding hydrogens is 440 g/mol. The molecule has 1 aliphatic heterocycles. The second-order valence-electron chi connectivity index (χ2n) is 9.09. The highest BCUT2D eigenvalue weighted by atomic mass is 35.5. The molecule has 0 amide bonds. The molecule has 2 heterocycles. The van der Waals surface area contributed by atoms with Crippen LogP contribution in [0.15, 0.2) is 67.0 Å². The van der Waals surface area contributed by atoms with Crippen LogP contribution < -0.4 is 9.47 Å². The summed E-state index contributed by atoms with van der Waals surface area (Å²) in [6.07, 6.45) is 1.97. The predicted octanol–water partition coefficient (Wildman–Crippen LogP) is 3.56. The topological polar surface area (TPSA) is 75.0 Å². The van der Waals surface area contributed by atoms with Crippen molar-refractivity contribution in [3.05, 3.63) is 88.7 Å². The van der Waals surface area contributed by atoms with Gasteiger partial charge >= 0.3 is 0 Å². The van der Waals surface area contributed by atoms with Crippen molar-refractivity contribution < 1.29 is 19.7 Å². The van der Waals surface area contributed by atoms with Gasteiger partial charge < -0.3 is 24.6 Å². The van der Waals surface area contributed by atoms with E-state index < -0.39 is 17.3 Å². The maximum absolute atomic E-state index is 12.6. The Bertz CT molecular complexity index is 1160. The van der Waals surface area contributed by atoms with Gasteiger partial charge in [-0.3, -0.25) is 4.98 Å². The number of aromatic nitrogens is 1. The van der Waals surface area contributed by atoms with E-state index in [4.69, 9.17) is 21.1 Å². The zero-order valence-corrected chi connectivity index (χ0v) is 19.5. The number of hydrogen-bond donors (Lipinski definition) is 2. The third-order valence-electron chi connectivity index (χ3n) is 7.02. The van der Waals surface area contributed by atoms with Crippen molar-refractivity contribution in [3.8, 4) is 11.5 Å². The number of aliphatic hydroxyl groups is 2. The van der Waals surface area contributed by atoms with Crippen LogP contribution in [-0.4, -0.2) is 54.0 Å². The van der Waals surface area contributed by atoms with E-state index in [1.165, 1.54) is 7.11 Å². The fourth-order valence-electron chi connectivity index (χ4n) is 5.85. The first-order valence-corrected chi connectivity index (χ1v) is 11.3. The highest BCUT2D eigenvalue weighted by molar-refractivity contribution is 6.30. The number of aliphatic hydroxyl groups excluding tert-OH is 1. The Balaban J connectivity index is 1.86. The Morgan fingerprint density at radius 1 is 1.09 bits per heavy atom. The molecule has 33 heavy (non-hydrogen) atoms. The second kappa shape index (κ2) is 7.99. The minimum absolute atomic E-state index is 0.339. The number of hydrogen-bond acceptors (Lipinski definition) is 6. The summed E-state index contributed by atoms with van der Waals surface area (Å²) in [5.74, 6) is 0.0609. The first-order chi connectivity index (χ1) is 15.8. The molecule has 0 radical (unpaired) electrons. The molecular formula is C26H27ClN2O4. The van der Waals surface area contributed by atoms with Crippen LogP contribution in [0.5, 0.6) is 11.5 Å². The molecule has 0 saturated heterocycles. The maximum atomic E-state index is 12.6. The van der Waals surface area contributed by atoms with Crippen molar-refractivity contribution in [2.75, 3.05) is 27.7 Å². The van der Waals surface area contributed by atoms with Crippen LogP contribution in [-0.2, 0) is 11.2 Å². The monoisotopic (exact) mass is 466 g/mol. The van der Waals surface area contributed by atoms with Gasteiger partial charge in [0.1, 0.15) is 11.5 Å². The number of pyridine rings is 1. The quantitative estimate of drug-likeness (QED) is 0.599. The molecule has 5 atom stereocenters. The Labute approximate surface area is 198 Å². The third-order valence-corrected chi connectivity index (χ3v) is 7.27. The Kier molecular flexibility index (Phi) is 5.37. The maximum Gasteiger partial charge on any atom is 0.177 e. The molecule has 0 spiro atoms. The summed E-state index contributed by atoms with van der Waals surface area (Å²) < 4.78 is 12.3. The van der Waals surface area contributed by atoms with Gasteiger partial charge in [0.05, 0.1) is 31.2 Å². The van der Waals surface area contributed by atoms with E-state index in [2.05, 4.69) is 4.98 Å². The molecule has 2 N–H and O–H groups in total. The van der Waals surface area contributed by atoms with Crippen LogP contribution in [0.4, 0.5) is 0 Å². The lowest BCUT2D eigenvalue weighted by molar-refractivity contribution is -0.152. The van der Waals surface area contributed by atoms with Gasteiger partial charge in [-0.05, 0) is 37.4 Å². The average molecular weight is 467 g/mol. The summed E-state index contributed by atoms with van der Waals surface area (Å²) in [7, 11) is 5.44. The van der Waals surface area contributed by atoms with E-state index in [9.17, 15) is 10.2 Å². The molecule has 5 unspecified atom stereocenters. The smallest absolute Gasteiger partial charge is 0.177 e. The fourth-order valence-corrected chi connectivity index (χ4v) is 5.98. The first-order valence-electron chi connectivity index (χ1n) is 10.9. The molecule has 1 aromatic heterocycles. The lowest BCUT2D eigenvalue weighted by Gasteiger charge is -2.41. The van der Waals surface area contributed by atoms with Crippen molar-refractivity contribution in [2.45, 2.75) is 23.2 Å². The number of ether oxygens (including phenoxy) is 2. The highest BCUT2D eigenvalue weighted by Gasteiger charge is 2.76. The molecule has 2 aliphatic rings. The fraction of sp³-hybridized carbons (Fsp3) is 0.346. The minimum Gasteiger partial charge on any atom is -0.495 e. The van der Waals surface area contributed by atoms with Gasteiger partial charge in [0.15, 0.2) is 11.2 Å². The van der Waals surface area contributed by atoms with Gasteiger partial charge in [0.25, 0.3) is 0 Å². The van der Waals surface area contributed by atoms with E-state index >= 15 is 0 Å². The van der Waals surface area contributed by atoms with Crippen LogP contribution in [0.1, 0.15) is 22.6 Å². The van der Waals surface area contributed by atoms with E-state index in [-0.39, 0.29) is 11.8 Å². The number of fused-ring (bicyclic) bond motifs is 3. The molecule has 6 nitrogen and oxygen atoms in total. The minimum atomic E-state index is -1.79. The summed E-state index contributed by atoms with van der Waals surface area (Å²) in [5.41, 5.74) is -0.996. The van der Waals surface area contributed by atoms with Crippen molar-refractivity contribution in [2.24, 2.45) is 5.92 Å². The lowest BCUT2D eigenvalue weighted by Crippen LogP contribution is -2.52. The largest absolute Gasteiger partial charge is 0.495 e. The molecule has 2 aromatic carbocycles. The van der Waals surface area contributed by atoms with Gasteiger partial charge in [-0.2, -0.15) is 0 Å². The molecule has 172 valence electrons. The van der Waals surface area contributed by atoms with Gasteiger partial charge in [0.2, 0.25) is 0 Å². The third kappa shape index (κ3) is 3.02. The van der Waals surface area contributed by atoms with Gasteiger partial charge in [0, 0.05) is 23.4 Å². The predicted molar refractivity (Wildman–Crippen MR) is 126 cm³/mol. The normalized spacial score (nSPS) is 30.1. The van der Waals surface area contributed by atoms with Crippen LogP contribution in [0, 0.1) is 5.92 Å². The summed E-state index contributed by atoms with van der Waals surface area (Å²) in [6, 6.07) is 17.2. The summed E-state index contributed by atoms with van der Waals surface area (Å²) >= 11 is 6.22. The second-order valence-corrected chi connectivity index (χ2v) is 9.52. The van der Waals surface area contributed by atoms with Crippen molar-refractivity contribution in [1.82, 2.24) is 9.88 Å². The molecule has 1 saturated carbocycles. The zero-order valence-electron chi connectivity index (χ0n) is 18.8. The van der Waals surface area contributed by atoms with Crippen LogP contribution in [0.2, 0.25) is 5.02 Å². The zero-order chi connectivity index (χ0) is 23.4. The first kappa shape index (κ1) is 22.2. The SMILES string of the molecule is COc1cncc2c1C1(O)C(O)C(CN(C)C)C(c3ccccc3)C1(c1ccc(Cl)cc1)O2. The number of rotatable bonds is 5. The highest BCUT2D eigenvalue weighted by Crippen LogP contribution is 2.69. The van der Waals surface area contributed by atoms with Crippen molar-refractivity contribution >= 4 is 11.6 Å². The van der Waals surface area contributed by atoms with Crippen molar-refractivity contribution in [1.29, 1.82) is 0 Å². The molecule has 5 rings (SSSR count). The van der Waals surface area contributed by atoms with Crippen LogP contribution >= 0.6 is 11.6 Å². The average Bonchev–Trinajstić information content (AvgIpc) is 3.18. The Hall–Kier alpha value is -2.64. The van der Waals surface area contributed by atoms with E-state index in [0.29, 0.717) is 28.6 Å². The van der Waals surface area contributed by atoms with E-state index in [1.807, 2.05) is 61.5 Å². The molecule has 1 fully saturated rings. The van der Waals surface area contributed by atoms with Crippen LogP contribution in [0.3, 0.4) is 0 Å². The Morgan fingerprint density at radius 2 is 1.79 bits per heavy atom. The van der Waals surface area contributed by atoms with E-state index in [0.717, 1.165) is 11.1 Å². The number of halogens is 1. The standard InChI is InChI=1S/C26H27ClN2O4/c1-29(2)15-19-22(16-7-5-4-6-8-16)26(17-9-11-18(27)12-10-17)25(31,24(19)30)23-20(32-3)13-28-14-21(23)33-26/h4-14,19,22,24,30-31H,15H2,1-3H3. The Morgan fingerprint density at radius 3 is 2.42 bits per heavy atom. The lowest BCUT2D eigenvalue weighted by atomic mass is 9.70. The van der Waals surface area contributed by atoms with Gasteiger partial charge in [-0.25, -0.2) is 0 Å². The summed E-state index contributed by atoms with van der Waals surface area (Å²) in [6.45, 7) is 0.546. The molecule has 7 heteroatoms. The molecule has 0 bridgehead atoms. The van der Waals surface area contributed by atoms with Crippen LogP contribution in [0.25, 0.3) is 0 Å². The number of methoxy groups -OCH3 is 1. The summed E-state index contributed by atoms with van der Waals surface area (Å²) in [5, 5.41) is 25.1. The van der Waals surface area contributed by atoms with E-state index in [1.54, 1.807) is 24.5 Å². The van der Waals surface area contributed by atoms with Crippen molar-refractivity contribution in [3.63, 3.8) is 0 Å². The van der Waals surface area contributed by atoms with Gasteiger partial charge in [-0.1, -0.05) is 54.1 Å². The molecule has 3 aromatic rings. The van der Waals surface area contributed by atoms with Gasteiger partial charge in [-0.15, -0.1) is 0 Å². The number of nitrogens with zero attached hydrogens (tertiary/aromatic N) is 2.